The summed E-state index contributed by atoms with van der Waals surface area (Å²) < 4.78 is 52.9. The molecule has 25 heavy (non-hydrogen) atoms. The van der Waals surface area contributed by atoms with Gasteiger partial charge in [-0.3, -0.25) is 0 Å². The van der Waals surface area contributed by atoms with Gasteiger partial charge in [-0.05, 0) is 23.3 Å². The Kier molecular flexibility index (Phi) is 4.97. The Morgan fingerprint density at radius 2 is 1.28 bits per heavy atom. The van der Waals surface area contributed by atoms with Crippen LogP contribution in [0.4, 0.5) is 0 Å². The van der Waals surface area contributed by atoms with E-state index in [1.807, 2.05) is 44.2 Å². The molecule has 9 heteroatoms. The highest BCUT2D eigenvalue weighted by molar-refractivity contribution is 7.90. The molecule has 0 saturated carbocycles. The third-order valence-corrected chi connectivity index (χ3v) is 5.89. The topological polar surface area (TPSA) is 130 Å². The molecule has 0 fully saturated rings. The molecule has 0 aliphatic heterocycles. The Bertz CT molecular complexity index is 945. The molecule has 7 nitrogen and oxygen atoms in total. The largest absolute Gasteiger partial charge is 0.494 e. The molecular weight excluding hydrogens is 364 g/mol. The van der Waals surface area contributed by atoms with E-state index >= 15 is 0 Å². The summed E-state index contributed by atoms with van der Waals surface area (Å²) in [6.45, 7) is 3.67. The number of sulfonamides is 2. The zero-order valence-electron chi connectivity index (χ0n) is 14.1. The van der Waals surface area contributed by atoms with Crippen LogP contribution in [0.5, 0.6) is 5.75 Å². The van der Waals surface area contributed by atoms with E-state index in [-0.39, 0.29) is 0 Å². The summed E-state index contributed by atoms with van der Waals surface area (Å²) in [5.41, 5.74) is 0.584. The molecule has 0 amide bonds. The summed E-state index contributed by atoms with van der Waals surface area (Å²) in [7, 11) is -7.32. The number of nitrogens with two attached hydrogens (primary N) is 2. The second kappa shape index (κ2) is 6.41. The van der Waals surface area contributed by atoms with Gasteiger partial charge in [-0.25, -0.2) is 27.1 Å². The molecule has 2 aromatic carbocycles. The van der Waals surface area contributed by atoms with Gasteiger partial charge in [-0.1, -0.05) is 44.2 Å². The van der Waals surface area contributed by atoms with Gasteiger partial charge < -0.3 is 4.74 Å². The van der Waals surface area contributed by atoms with Crippen LogP contribution in [-0.4, -0.2) is 23.9 Å². The lowest BCUT2D eigenvalue weighted by molar-refractivity contribution is 0.389. The number of ether oxygens (including phenoxy) is 1. The second-order valence-corrected chi connectivity index (χ2v) is 9.15. The molecule has 0 aliphatic carbocycles. The van der Waals surface area contributed by atoms with Crippen LogP contribution in [0.3, 0.4) is 0 Å². The Labute approximate surface area is 147 Å². The molecule has 136 valence electrons. The predicted octanol–water partition coefficient (Wildman–Crippen LogP) is 1.32. The van der Waals surface area contributed by atoms with Gasteiger partial charge in [0.05, 0.1) is 7.11 Å². The average Bonchev–Trinajstić information content (AvgIpc) is 2.52. The van der Waals surface area contributed by atoms with Crippen molar-refractivity contribution in [1.82, 2.24) is 0 Å². The molecule has 0 radical (unpaired) electrons. The number of primary sulfonamides is 2. The third-order valence-electron chi connectivity index (χ3n) is 4.06. The van der Waals surface area contributed by atoms with Crippen LogP contribution in [0.25, 0.3) is 0 Å². The minimum atomic E-state index is -4.24. The van der Waals surface area contributed by atoms with E-state index in [1.165, 1.54) is 12.1 Å². The van der Waals surface area contributed by atoms with Gasteiger partial charge in [-0.2, -0.15) is 0 Å². The molecule has 0 spiro atoms. The highest BCUT2D eigenvalue weighted by atomic mass is 32.2. The first-order valence-corrected chi connectivity index (χ1v) is 10.3. The Morgan fingerprint density at radius 1 is 0.840 bits per heavy atom. The molecule has 4 N–H and O–H groups in total. The van der Waals surface area contributed by atoms with Crippen molar-refractivity contribution in [2.45, 2.75) is 29.1 Å². The SMILES string of the molecule is COc1c(S(N)(=O)=O)cc(C(C)(C)c2ccccc2)cc1S(N)(=O)=O. The summed E-state index contributed by atoms with van der Waals surface area (Å²) in [6, 6.07) is 11.9. The molecule has 0 atom stereocenters. The van der Waals surface area contributed by atoms with E-state index in [9.17, 15) is 16.8 Å². The molecule has 0 heterocycles. The number of benzene rings is 2. The average molecular weight is 384 g/mol. The minimum Gasteiger partial charge on any atom is -0.494 e. The van der Waals surface area contributed by atoms with Gasteiger partial charge in [0.1, 0.15) is 9.79 Å². The lowest BCUT2D eigenvalue weighted by Gasteiger charge is -2.27. The first-order chi connectivity index (χ1) is 11.4. The Hall–Kier alpha value is -1.94. The molecular formula is C16H20N2O5S2. The van der Waals surface area contributed by atoms with Crippen molar-refractivity contribution in [2.24, 2.45) is 10.3 Å². The van der Waals surface area contributed by atoms with E-state index in [2.05, 4.69) is 0 Å². The first-order valence-electron chi connectivity index (χ1n) is 7.22. The molecule has 0 unspecified atom stereocenters. The van der Waals surface area contributed by atoms with Gasteiger partial charge in [-0.15, -0.1) is 0 Å². The summed E-state index contributed by atoms with van der Waals surface area (Å²) in [6.07, 6.45) is 0. The van der Waals surface area contributed by atoms with E-state index in [1.54, 1.807) is 0 Å². The minimum absolute atomic E-state index is 0.391. The standard InChI is InChI=1S/C16H20N2O5S2/c1-16(2,11-7-5-4-6-8-11)12-9-13(24(17,19)20)15(23-3)14(10-12)25(18,21)22/h4-10H,1-3H3,(H2,17,19,20)(H2,18,21,22). The summed E-state index contributed by atoms with van der Waals surface area (Å²) in [4.78, 5) is -0.860. The monoisotopic (exact) mass is 384 g/mol. The maximum atomic E-state index is 12.0. The normalized spacial score (nSPS) is 12.8. The van der Waals surface area contributed by atoms with Crippen LogP contribution in [0.15, 0.2) is 52.3 Å². The first kappa shape index (κ1) is 19.4. The van der Waals surface area contributed by atoms with Crippen molar-refractivity contribution < 1.29 is 21.6 Å². The number of methoxy groups -OCH3 is 1. The van der Waals surface area contributed by atoms with Crippen molar-refractivity contribution in [3.05, 3.63) is 53.6 Å². The fourth-order valence-electron chi connectivity index (χ4n) is 2.58. The lowest BCUT2D eigenvalue weighted by atomic mass is 9.78. The second-order valence-electron chi connectivity index (χ2n) is 6.09. The van der Waals surface area contributed by atoms with Gasteiger partial charge in [0.2, 0.25) is 20.0 Å². The van der Waals surface area contributed by atoms with Gasteiger partial charge in [0.25, 0.3) is 0 Å². The maximum absolute atomic E-state index is 12.0. The van der Waals surface area contributed by atoms with Crippen molar-refractivity contribution in [3.8, 4) is 5.75 Å². The van der Waals surface area contributed by atoms with Crippen LogP contribution in [0.2, 0.25) is 0 Å². The summed E-state index contributed by atoms with van der Waals surface area (Å²) in [5, 5.41) is 10.5. The van der Waals surface area contributed by atoms with E-state index in [0.717, 1.165) is 12.7 Å². The van der Waals surface area contributed by atoms with Crippen LogP contribution < -0.4 is 15.0 Å². The summed E-state index contributed by atoms with van der Waals surface area (Å²) >= 11 is 0. The fourth-order valence-corrected chi connectivity index (χ4v) is 4.13. The third kappa shape index (κ3) is 3.84. The smallest absolute Gasteiger partial charge is 0.241 e. The van der Waals surface area contributed by atoms with Gasteiger partial charge in [0.15, 0.2) is 5.75 Å². The number of rotatable bonds is 5. The Morgan fingerprint density at radius 3 is 1.64 bits per heavy atom. The quantitative estimate of drug-likeness (QED) is 0.803. The molecule has 0 aromatic heterocycles. The molecule has 0 saturated heterocycles. The van der Waals surface area contributed by atoms with E-state index < -0.39 is 41.0 Å². The molecule has 0 bridgehead atoms. The molecule has 2 aromatic rings. The molecule has 0 aliphatic rings. The highest BCUT2D eigenvalue weighted by Crippen LogP contribution is 2.38. The molecule has 2 rings (SSSR count). The van der Waals surface area contributed by atoms with E-state index in [0.29, 0.717) is 5.56 Å². The van der Waals surface area contributed by atoms with Gasteiger partial charge in [0, 0.05) is 5.41 Å². The number of hydrogen-bond acceptors (Lipinski definition) is 5. The lowest BCUT2D eigenvalue weighted by Crippen LogP contribution is -2.24. The van der Waals surface area contributed by atoms with Crippen LogP contribution in [0, 0.1) is 0 Å². The Balaban J connectivity index is 2.90. The van der Waals surface area contributed by atoms with Crippen LogP contribution >= 0.6 is 0 Å². The van der Waals surface area contributed by atoms with Crippen LogP contribution in [-0.2, 0) is 25.5 Å². The van der Waals surface area contributed by atoms with Crippen molar-refractivity contribution in [2.75, 3.05) is 7.11 Å². The zero-order valence-corrected chi connectivity index (χ0v) is 15.7. The maximum Gasteiger partial charge on any atom is 0.241 e. The van der Waals surface area contributed by atoms with Crippen molar-refractivity contribution >= 4 is 20.0 Å². The van der Waals surface area contributed by atoms with E-state index in [4.69, 9.17) is 15.0 Å². The van der Waals surface area contributed by atoms with Crippen molar-refractivity contribution in [1.29, 1.82) is 0 Å². The summed E-state index contributed by atoms with van der Waals surface area (Å²) in [5.74, 6) is -0.391. The predicted molar refractivity (Wildman–Crippen MR) is 94.3 cm³/mol. The van der Waals surface area contributed by atoms with Crippen LogP contribution in [0.1, 0.15) is 25.0 Å². The fraction of sp³-hybridized carbons (Fsp3) is 0.250. The van der Waals surface area contributed by atoms with Gasteiger partial charge >= 0.3 is 0 Å². The highest BCUT2D eigenvalue weighted by Gasteiger charge is 2.31. The van der Waals surface area contributed by atoms with Crippen molar-refractivity contribution in [3.63, 3.8) is 0 Å². The zero-order chi connectivity index (χ0) is 19.0. The number of hydrogen-bond donors (Lipinski definition) is 2.